The van der Waals surface area contributed by atoms with Gasteiger partial charge in [0.05, 0.1) is 25.5 Å². The number of methoxy groups -OCH3 is 1. The summed E-state index contributed by atoms with van der Waals surface area (Å²) < 4.78 is 30.2. The molecule has 1 aromatic rings. The predicted octanol–water partition coefficient (Wildman–Crippen LogP) is 2.83. The number of pyridine rings is 1. The summed E-state index contributed by atoms with van der Waals surface area (Å²) in [6, 6.07) is 1.83. The second kappa shape index (κ2) is 5.61. The molecule has 86 valence electrons. The van der Waals surface area contributed by atoms with E-state index in [1.165, 1.54) is 7.11 Å². The number of nitrogens with zero attached hydrogens (tertiary/aromatic N) is 2. The molecule has 3 nitrogen and oxygen atoms in total. The van der Waals surface area contributed by atoms with Crippen LogP contribution in [0.25, 0.3) is 0 Å². The first kappa shape index (κ1) is 12.7. The van der Waals surface area contributed by atoms with Crippen LogP contribution in [0.1, 0.15) is 23.1 Å². The van der Waals surface area contributed by atoms with E-state index in [1.807, 2.05) is 6.07 Å². The highest BCUT2D eigenvalue weighted by Gasteiger charge is 2.20. The second-order valence-electron chi connectivity index (χ2n) is 2.95. The van der Waals surface area contributed by atoms with Crippen molar-refractivity contribution in [1.29, 1.82) is 5.26 Å². The SMILES string of the molecule is COc1ncc(C(F)F)c(CC#N)c1CCl. The van der Waals surface area contributed by atoms with Crippen molar-refractivity contribution in [3.63, 3.8) is 0 Å². The quantitative estimate of drug-likeness (QED) is 0.768. The second-order valence-corrected chi connectivity index (χ2v) is 3.22. The molecule has 0 saturated heterocycles. The lowest BCUT2D eigenvalue weighted by molar-refractivity contribution is 0.149. The lowest BCUT2D eigenvalue weighted by Gasteiger charge is -2.13. The third kappa shape index (κ3) is 2.39. The molecule has 1 aromatic heterocycles. The molecule has 0 bridgehead atoms. The lowest BCUT2D eigenvalue weighted by Crippen LogP contribution is -2.04. The Morgan fingerprint density at radius 1 is 1.56 bits per heavy atom. The van der Waals surface area contributed by atoms with E-state index in [0.29, 0.717) is 5.56 Å². The minimum absolute atomic E-state index is 0.0201. The molecule has 0 aliphatic carbocycles. The molecule has 0 atom stereocenters. The van der Waals surface area contributed by atoms with E-state index in [0.717, 1.165) is 6.20 Å². The molecule has 0 N–H and O–H groups in total. The molecule has 0 aliphatic rings. The summed E-state index contributed by atoms with van der Waals surface area (Å²) in [7, 11) is 1.37. The Morgan fingerprint density at radius 3 is 2.69 bits per heavy atom. The van der Waals surface area contributed by atoms with Crippen LogP contribution in [-0.2, 0) is 12.3 Å². The Morgan fingerprint density at radius 2 is 2.25 bits per heavy atom. The summed E-state index contributed by atoms with van der Waals surface area (Å²) in [6.07, 6.45) is -1.80. The first-order chi connectivity index (χ1) is 7.65. The molecule has 1 heterocycles. The van der Waals surface area contributed by atoms with E-state index in [4.69, 9.17) is 21.6 Å². The Hall–Kier alpha value is -1.41. The average Bonchev–Trinajstić information content (AvgIpc) is 2.28. The summed E-state index contributed by atoms with van der Waals surface area (Å²) >= 11 is 5.65. The van der Waals surface area contributed by atoms with Crippen molar-refractivity contribution < 1.29 is 13.5 Å². The van der Waals surface area contributed by atoms with Crippen molar-refractivity contribution in [2.75, 3.05) is 7.11 Å². The molecule has 0 amide bonds. The van der Waals surface area contributed by atoms with Crippen LogP contribution in [0.2, 0.25) is 0 Å². The molecule has 1 rings (SSSR count). The fourth-order valence-electron chi connectivity index (χ4n) is 1.38. The number of alkyl halides is 3. The topological polar surface area (TPSA) is 45.9 Å². The number of ether oxygens (including phenoxy) is 1. The molecule has 0 radical (unpaired) electrons. The molecule has 0 spiro atoms. The summed E-state index contributed by atoms with van der Waals surface area (Å²) in [5, 5.41) is 8.61. The lowest BCUT2D eigenvalue weighted by atomic mass is 10.0. The number of halogens is 3. The van der Waals surface area contributed by atoms with Gasteiger partial charge >= 0.3 is 0 Å². The molecule has 0 unspecified atom stereocenters. The highest BCUT2D eigenvalue weighted by molar-refractivity contribution is 6.17. The van der Waals surface area contributed by atoms with E-state index < -0.39 is 6.43 Å². The molecule has 0 saturated carbocycles. The number of nitriles is 1. The summed E-state index contributed by atoms with van der Waals surface area (Å²) in [4.78, 5) is 3.74. The van der Waals surface area contributed by atoms with Gasteiger partial charge in [-0.25, -0.2) is 13.8 Å². The maximum atomic E-state index is 12.7. The molecular weight excluding hydrogens is 238 g/mol. The van der Waals surface area contributed by atoms with E-state index in [2.05, 4.69) is 4.98 Å². The fraction of sp³-hybridized carbons (Fsp3) is 0.400. The van der Waals surface area contributed by atoms with Crippen LogP contribution in [0.5, 0.6) is 5.88 Å². The normalized spacial score (nSPS) is 10.2. The standard InChI is InChI=1S/C10H9ClF2N2O/c1-16-10-7(4-11)6(2-3-14)8(5-15-10)9(12)13/h5,9H,2,4H2,1H3. The van der Waals surface area contributed by atoms with Crippen molar-refractivity contribution in [2.45, 2.75) is 18.7 Å². The van der Waals surface area contributed by atoms with Gasteiger partial charge in [-0.1, -0.05) is 0 Å². The number of rotatable bonds is 4. The molecular formula is C10H9ClF2N2O. The van der Waals surface area contributed by atoms with Crippen LogP contribution in [0.15, 0.2) is 6.20 Å². The number of hydrogen-bond donors (Lipinski definition) is 0. The van der Waals surface area contributed by atoms with Crippen LogP contribution in [0, 0.1) is 11.3 Å². The molecule has 0 aliphatic heterocycles. The Labute approximate surface area is 96.6 Å². The highest BCUT2D eigenvalue weighted by atomic mass is 35.5. The largest absolute Gasteiger partial charge is 0.481 e. The minimum Gasteiger partial charge on any atom is -0.481 e. The summed E-state index contributed by atoms with van der Waals surface area (Å²) in [6.45, 7) is 0. The van der Waals surface area contributed by atoms with E-state index in [-0.39, 0.29) is 29.3 Å². The van der Waals surface area contributed by atoms with Crippen molar-refractivity contribution in [3.8, 4) is 11.9 Å². The van der Waals surface area contributed by atoms with E-state index in [9.17, 15) is 8.78 Å². The maximum absolute atomic E-state index is 12.7. The molecule has 0 aromatic carbocycles. The zero-order valence-electron chi connectivity index (χ0n) is 8.51. The summed E-state index contributed by atoms with van der Waals surface area (Å²) in [5.74, 6) is 0.165. The van der Waals surface area contributed by atoms with Crippen molar-refractivity contribution in [2.24, 2.45) is 0 Å². The number of aromatic nitrogens is 1. The van der Waals surface area contributed by atoms with Gasteiger partial charge in [-0.2, -0.15) is 5.26 Å². The van der Waals surface area contributed by atoms with Crippen LogP contribution >= 0.6 is 11.6 Å². The monoisotopic (exact) mass is 246 g/mol. The highest BCUT2D eigenvalue weighted by Crippen LogP contribution is 2.30. The van der Waals surface area contributed by atoms with Gasteiger partial charge in [-0.05, 0) is 5.56 Å². The van der Waals surface area contributed by atoms with Crippen molar-refractivity contribution in [1.82, 2.24) is 4.98 Å². The predicted molar refractivity (Wildman–Crippen MR) is 54.6 cm³/mol. The van der Waals surface area contributed by atoms with Gasteiger partial charge in [0.15, 0.2) is 0 Å². The fourth-order valence-corrected chi connectivity index (χ4v) is 1.65. The first-order valence-corrected chi connectivity index (χ1v) is 4.94. The smallest absolute Gasteiger partial charge is 0.265 e. The van der Waals surface area contributed by atoms with Crippen LogP contribution in [0.4, 0.5) is 8.78 Å². The van der Waals surface area contributed by atoms with Gasteiger partial charge < -0.3 is 4.74 Å². The van der Waals surface area contributed by atoms with Gasteiger partial charge in [0.25, 0.3) is 6.43 Å². The van der Waals surface area contributed by atoms with E-state index >= 15 is 0 Å². The zero-order valence-corrected chi connectivity index (χ0v) is 9.26. The molecule has 6 heteroatoms. The van der Waals surface area contributed by atoms with Crippen LogP contribution in [-0.4, -0.2) is 12.1 Å². The van der Waals surface area contributed by atoms with Crippen molar-refractivity contribution in [3.05, 3.63) is 22.9 Å². The van der Waals surface area contributed by atoms with Crippen LogP contribution < -0.4 is 4.74 Å². The van der Waals surface area contributed by atoms with Gasteiger partial charge in [0.1, 0.15) is 0 Å². The minimum atomic E-state index is -2.68. The van der Waals surface area contributed by atoms with Gasteiger partial charge in [0, 0.05) is 17.3 Å². The zero-order chi connectivity index (χ0) is 12.1. The van der Waals surface area contributed by atoms with Gasteiger partial charge in [0.2, 0.25) is 5.88 Å². The molecule has 0 fully saturated rings. The average molecular weight is 247 g/mol. The Balaban J connectivity index is 3.38. The third-order valence-electron chi connectivity index (χ3n) is 2.11. The van der Waals surface area contributed by atoms with E-state index in [1.54, 1.807) is 0 Å². The summed E-state index contributed by atoms with van der Waals surface area (Å²) in [5.41, 5.74) is 0.292. The Bertz CT molecular complexity index is 418. The van der Waals surface area contributed by atoms with Crippen LogP contribution in [0.3, 0.4) is 0 Å². The number of hydrogen-bond acceptors (Lipinski definition) is 3. The third-order valence-corrected chi connectivity index (χ3v) is 2.38. The van der Waals surface area contributed by atoms with Gasteiger partial charge in [-0.15, -0.1) is 11.6 Å². The maximum Gasteiger partial charge on any atom is 0.265 e. The Kier molecular flexibility index (Phi) is 4.44. The van der Waals surface area contributed by atoms with Gasteiger partial charge in [-0.3, -0.25) is 0 Å². The molecule has 16 heavy (non-hydrogen) atoms. The van der Waals surface area contributed by atoms with Crippen molar-refractivity contribution >= 4 is 11.6 Å². The first-order valence-electron chi connectivity index (χ1n) is 4.41.